The molecule has 0 bridgehead atoms. The van der Waals surface area contributed by atoms with Gasteiger partial charge in [-0.1, -0.05) is 15.9 Å². The molecule has 0 aliphatic carbocycles. The van der Waals surface area contributed by atoms with Crippen molar-refractivity contribution >= 4 is 33.3 Å². The molecular weight excluding hydrogens is 322 g/mol. The van der Waals surface area contributed by atoms with Gasteiger partial charge in [0.05, 0.1) is 17.6 Å². The van der Waals surface area contributed by atoms with E-state index in [9.17, 15) is 9.59 Å². The van der Waals surface area contributed by atoms with E-state index in [1.54, 1.807) is 23.5 Å². The molecule has 0 spiro atoms. The van der Waals surface area contributed by atoms with E-state index < -0.39 is 11.7 Å². The quantitative estimate of drug-likeness (QED) is 0.809. The molecule has 2 aromatic rings. The third-order valence-electron chi connectivity index (χ3n) is 3.36. The van der Waals surface area contributed by atoms with Crippen LogP contribution in [0.4, 0.5) is 5.69 Å². The maximum absolute atomic E-state index is 12.1. The van der Waals surface area contributed by atoms with Gasteiger partial charge in [0.15, 0.2) is 0 Å². The van der Waals surface area contributed by atoms with Crippen LogP contribution in [0.15, 0.2) is 35.3 Å². The maximum atomic E-state index is 12.1. The van der Waals surface area contributed by atoms with Gasteiger partial charge in [-0.2, -0.15) is 0 Å². The largest absolute Gasteiger partial charge is 0.336 e. The van der Waals surface area contributed by atoms with Crippen LogP contribution in [0.5, 0.6) is 0 Å². The van der Waals surface area contributed by atoms with Crippen LogP contribution in [0.3, 0.4) is 0 Å². The van der Waals surface area contributed by atoms with E-state index in [-0.39, 0.29) is 0 Å². The summed E-state index contributed by atoms with van der Waals surface area (Å²) in [6.45, 7) is 2.96. The smallest absolute Gasteiger partial charge is 0.299 e. The first kappa shape index (κ1) is 13.1. The molecule has 0 radical (unpaired) electrons. The molecule has 2 heterocycles. The average molecular weight is 334 g/mol. The number of ketones is 1. The van der Waals surface area contributed by atoms with Crippen LogP contribution in [-0.4, -0.2) is 27.8 Å². The van der Waals surface area contributed by atoms with Crippen LogP contribution >= 0.6 is 15.9 Å². The van der Waals surface area contributed by atoms with Crippen molar-refractivity contribution in [1.29, 1.82) is 0 Å². The van der Waals surface area contributed by atoms with Gasteiger partial charge in [-0.05, 0) is 24.6 Å². The summed E-state index contributed by atoms with van der Waals surface area (Å²) in [4.78, 5) is 29.7. The molecule has 6 heteroatoms. The number of carbonyl (C=O) groups excluding carboxylic acids is 2. The number of benzene rings is 1. The molecule has 0 unspecified atom stereocenters. The lowest BCUT2D eigenvalue weighted by Gasteiger charge is -2.18. The monoisotopic (exact) mass is 333 g/mol. The number of aromatic nitrogens is 2. The lowest BCUT2D eigenvalue weighted by atomic mass is 10.1. The average Bonchev–Trinajstić information content (AvgIpc) is 2.98. The zero-order valence-electron chi connectivity index (χ0n) is 10.8. The summed E-state index contributed by atoms with van der Waals surface area (Å²) >= 11 is 3.36. The van der Waals surface area contributed by atoms with Gasteiger partial charge in [-0.15, -0.1) is 0 Å². The fourth-order valence-corrected chi connectivity index (χ4v) is 3.03. The van der Waals surface area contributed by atoms with Crippen LogP contribution in [0.1, 0.15) is 15.9 Å². The molecule has 0 N–H and O–H groups in total. The molecule has 20 heavy (non-hydrogen) atoms. The van der Waals surface area contributed by atoms with E-state index in [1.807, 2.05) is 23.8 Å². The molecule has 0 saturated heterocycles. The molecular formula is C14H12BrN3O2. The molecule has 1 aliphatic heterocycles. The van der Waals surface area contributed by atoms with Crippen molar-refractivity contribution in [2.24, 2.45) is 0 Å². The number of fused-ring (bicyclic) bond motifs is 1. The summed E-state index contributed by atoms with van der Waals surface area (Å²) in [7, 11) is 0. The highest BCUT2D eigenvalue weighted by atomic mass is 79.9. The third kappa shape index (κ3) is 2.06. The zero-order valence-corrected chi connectivity index (χ0v) is 12.4. The van der Waals surface area contributed by atoms with E-state index in [0.29, 0.717) is 18.7 Å². The van der Waals surface area contributed by atoms with Gasteiger partial charge in [-0.25, -0.2) is 4.98 Å². The Kier molecular flexibility index (Phi) is 3.17. The van der Waals surface area contributed by atoms with Crippen molar-refractivity contribution in [3.63, 3.8) is 0 Å². The summed E-state index contributed by atoms with van der Waals surface area (Å²) in [5.41, 5.74) is 2.12. The third-order valence-corrected chi connectivity index (χ3v) is 3.82. The van der Waals surface area contributed by atoms with Crippen molar-refractivity contribution in [2.75, 3.05) is 11.4 Å². The van der Waals surface area contributed by atoms with E-state index in [0.717, 1.165) is 15.7 Å². The number of halogens is 1. The Morgan fingerprint density at radius 3 is 2.75 bits per heavy atom. The molecule has 1 amide bonds. The Hall–Kier alpha value is -1.95. The van der Waals surface area contributed by atoms with Crippen molar-refractivity contribution in [3.8, 4) is 0 Å². The number of hydrogen-bond acceptors (Lipinski definition) is 3. The first-order valence-corrected chi connectivity index (χ1v) is 6.99. The van der Waals surface area contributed by atoms with Crippen molar-refractivity contribution in [3.05, 3.63) is 46.5 Å². The van der Waals surface area contributed by atoms with E-state index in [2.05, 4.69) is 20.9 Å². The number of imidazole rings is 1. The van der Waals surface area contributed by atoms with E-state index in [1.165, 1.54) is 0 Å². The number of Topliss-reactive ketones (excluding diaryl/α,β-unsaturated/α-hetero) is 1. The summed E-state index contributed by atoms with van der Waals surface area (Å²) in [6, 6.07) is 3.62. The normalized spacial score (nSPS) is 14.0. The summed E-state index contributed by atoms with van der Waals surface area (Å²) in [5.74, 6) is -0.892. The second-order valence-corrected chi connectivity index (χ2v) is 5.62. The van der Waals surface area contributed by atoms with Crippen LogP contribution in [0, 0.1) is 6.92 Å². The summed E-state index contributed by atoms with van der Waals surface area (Å²) in [5, 5.41) is 0. The van der Waals surface area contributed by atoms with Gasteiger partial charge in [-0.3, -0.25) is 9.59 Å². The molecule has 1 aliphatic rings. The summed E-state index contributed by atoms with van der Waals surface area (Å²) < 4.78 is 2.69. The predicted octanol–water partition coefficient (Wildman–Crippen LogP) is 2.18. The second-order valence-electron chi connectivity index (χ2n) is 4.71. The van der Waals surface area contributed by atoms with Crippen molar-refractivity contribution in [1.82, 2.24) is 9.55 Å². The first-order valence-electron chi connectivity index (χ1n) is 6.20. The number of carbonyl (C=O) groups is 2. The molecule has 0 fully saturated rings. The highest BCUT2D eigenvalue weighted by molar-refractivity contribution is 9.10. The lowest BCUT2D eigenvalue weighted by Crippen LogP contribution is -2.32. The maximum Gasteiger partial charge on any atom is 0.299 e. The number of nitrogens with zero attached hydrogens (tertiary/aromatic N) is 3. The van der Waals surface area contributed by atoms with Gasteiger partial charge < -0.3 is 9.47 Å². The van der Waals surface area contributed by atoms with E-state index >= 15 is 0 Å². The topological polar surface area (TPSA) is 55.2 Å². The predicted molar refractivity (Wildman–Crippen MR) is 77.8 cm³/mol. The second kappa shape index (κ2) is 4.86. The fourth-order valence-electron chi connectivity index (χ4n) is 2.45. The number of rotatable bonds is 3. The molecule has 3 rings (SSSR count). The molecule has 102 valence electrons. The lowest BCUT2D eigenvalue weighted by molar-refractivity contribution is -0.114. The van der Waals surface area contributed by atoms with Crippen LogP contribution in [-0.2, 0) is 11.3 Å². The Morgan fingerprint density at radius 2 is 2.05 bits per heavy atom. The van der Waals surface area contributed by atoms with Crippen LogP contribution in [0.2, 0.25) is 0 Å². The molecule has 0 saturated carbocycles. The minimum Gasteiger partial charge on any atom is -0.336 e. The van der Waals surface area contributed by atoms with Gasteiger partial charge in [0.25, 0.3) is 11.7 Å². The molecule has 1 aromatic heterocycles. The Morgan fingerprint density at radius 1 is 1.25 bits per heavy atom. The number of amides is 1. The number of aryl methyl sites for hydroxylation is 1. The summed E-state index contributed by atoms with van der Waals surface area (Å²) in [6.07, 6.45) is 5.21. The first-order chi connectivity index (χ1) is 9.58. The van der Waals surface area contributed by atoms with Crippen LogP contribution < -0.4 is 4.90 Å². The van der Waals surface area contributed by atoms with Gasteiger partial charge in [0, 0.05) is 30.0 Å². The minimum absolute atomic E-state index is 0.435. The van der Waals surface area contributed by atoms with Gasteiger partial charge >= 0.3 is 0 Å². The fraction of sp³-hybridized carbons (Fsp3) is 0.214. The Balaban J connectivity index is 1.93. The SMILES string of the molecule is Cc1cc(Br)cc2c1N(CCn1ccnc1)C(=O)C2=O. The van der Waals surface area contributed by atoms with Crippen molar-refractivity contribution < 1.29 is 9.59 Å². The Labute approximate surface area is 124 Å². The molecule has 0 atom stereocenters. The van der Waals surface area contributed by atoms with Gasteiger partial charge in [0.1, 0.15) is 0 Å². The number of hydrogen-bond donors (Lipinski definition) is 0. The highest BCUT2D eigenvalue weighted by Gasteiger charge is 2.36. The zero-order chi connectivity index (χ0) is 14.3. The molecule has 5 nitrogen and oxygen atoms in total. The van der Waals surface area contributed by atoms with Crippen molar-refractivity contribution in [2.45, 2.75) is 13.5 Å². The standard InChI is InChI=1S/C14H12BrN3O2/c1-9-6-10(15)7-11-12(9)18(14(20)13(11)19)5-4-17-3-2-16-8-17/h2-3,6-8H,4-5H2,1H3. The minimum atomic E-state index is -0.457. The van der Waals surface area contributed by atoms with Crippen LogP contribution in [0.25, 0.3) is 0 Å². The Bertz CT molecular complexity index is 695. The number of anilines is 1. The molecule has 1 aromatic carbocycles. The highest BCUT2D eigenvalue weighted by Crippen LogP contribution is 2.34. The van der Waals surface area contributed by atoms with Gasteiger partial charge in [0.2, 0.25) is 0 Å². The van der Waals surface area contributed by atoms with E-state index in [4.69, 9.17) is 0 Å².